The van der Waals surface area contributed by atoms with E-state index in [-0.39, 0.29) is 11.3 Å². The Kier molecular flexibility index (Phi) is 5.09. The first kappa shape index (κ1) is 19.4. The van der Waals surface area contributed by atoms with E-state index in [9.17, 15) is 20.0 Å². The average molecular weight is 407 g/mol. The van der Waals surface area contributed by atoms with Crippen molar-refractivity contribution in [3.63, 3.8) is 0 Å². The molecule has 9 heteroatoms. The summed E-state index contributed by atoms with van der Waals surface area (Å²) in [5, 5.41) is 27.8. The average Bonchev–Trinajstić information content (AvgIpc) is 3.12. The molecule has 0 atom stereocenters. The van der Waals surface area contributed by atoms with Crippen molar-refractivity contribution in [2.75, 3.05) is 7.11 Å². The van der Waals surface area contributed by atoms with Gasteiger partial charge in [-0.1, -0.05) is 0 Å². The van der Waals surface area contributed by atoms with Gasteiger partial charge >= 0.3 is 0 Å². The molecule has 0 spiro atoms. The van der Waals surface area contributed by atoms with E-state index in [1.165, 1.54) is 30.6 Å². The minimum absolute atomic E-state index is 0.167. The lowest BCUT2D eigenvalue weighted by atomic mass is 9.95. The molecule has 1 amide bonds. The van der Waals surface area contributed by atoms with Gasteiger partial charge in [-0.15, -0.1) is 0 Å². The van der Waals surface area contributed by atoms with Crippen molar-refractivity contribution >= 4 is 28.7 Å². The molecule has 2 N–H and O–H groups in total. The van der Waals surface area contributed by atoms with Crippen molar-refractivity contribution in [1.29, 1.82) is 0 Å². The summed E-state index contributed by atoms with van der Waals surface area (Å²) in [6, 6.07) is 7.85. The van der Waals surface area contributed by atoms with E-state index in [0.717, 1.165) is 42.7 Å². The zero-order chi connectivity index (χ0) is 21.3. The molecular formula is C21H19N4O5-. The maximum absolute atomic E-state index is 12.5. The van der Waals surface area contributed by atoms with Gasteiger partial charge < -0.3 is 14.8 Å². The number of benzene rings is 2. The Balaban J connectivity index is 1.54. The second-order valence-electron chi connectivity index (χ2n) is 7.08. The van der Waals surface area contributed by atoms with Crippen LogP contribution in [0.1, 0.15) is 40.0 Å². The minimum Gasteiger partial charge on any atom is -0.865 e. The number of carbonyl (C=O) groups is 1. The van der Waals surface area contributed by atoms with Crippen LogP contribution in [-0.2, 0) is 12.8 Å². The highest BCUT2D eigenvalue weighted by atomic mass is 16.6. The monoisotopic (exact) mass is 407 g/mol. The summed E-state index contributed by atoms with van der Waals surface area (Å²) in [7, 11) is 1.25. The number of hydrogen-bond donors (Lipinski definition) is 2. The number of aryl methyl sites for hydroxylation is 2. The number of H-pyrrole nitrogens is 1. The van der Waals surface area contributed by atoms with Gasteiger partial charge in [0.25, 0.3) is 11.6 Å². The molecule has 3 aromatic rings. The standard InChI is InChI=1S/C21H20N4O5/c1-30-19-9-12(8-18(20(19)26)25(28)29)11-22-24-21(27)13-6-7-17-15(10-13)14-4-2-3-5-16(14)23-17/h6-11,23,26H,2-5H2,1H3,(H,24,27)/p-1/b22-11+. The lowest BCUT2D eigenvalue weighted by molar-refractivity contribution is -0.398. The Morgan fingerprint density at radius 3 is 2.83 bits per heavy atom. The smallest absolute Gasteiger partial charge is 0.271 e. The van der Waals surface area contributed by atoms with Crippen LogP contribution in [0.4, 0.5) is 5.69 Å². The highest BCUT2D eigenvalue weighted by Gasteiger charge is 2.17. The summed E-state index contributed by atoms with van der Waals surface area (Å²) in [6.07, 6.45) is 5.54. The number of ether oxygens (including phenoxy) is 1. The number of nitrogens with zero attached hydrogens (tertiary/aromatic N) is 2. The molecule has 0 saturated carbocycles. The molecule has 1 aliphatic carbocycles. The van der Waals surface area contributed by atoms with Crippen LogP contribution in [0.5, 0.6) is 11.5 Å². The first-order chi connectivity index (χ1) is 14.5. The van der Waals surface area contributed by atoms with Crippen LogP contribution >= 0.6 is 0 Å². The van der Waals surface area contributed by atoms with Gasteiger partial charge in [-0.3, -0.25) is 14.9 Å². The summed E-state index contributed by atoms with van der Waals surface area (Å²) in [6.45, 7) is 0. The number of methoxy groups -OCH3 is 1. The molecular weight excluding hydrogens is 388 g/mol. The third-order valence-electron chi connectivity index (χ3n) is 5.21. The topological polar surface area (TPSA) is 133 Å². The SMILES string of the molecule is COc1cc(/C=N/NC(=O)c2ccc3[nH]c4c(c3c2)CCCC4)cc([N+](=O)[O-])c1[O-]. The normalized spacial score (nSPS) is 13.4. The van der Waals surface area contributed by atoms with Crippen LogP contribution in [0.15, 0.2) is 35.4 Å². The van der Waals surface area contributed by atoms with Crippen LogP contribution in [0.2, 0.25) is 0 Å². The number of amides is 1. The van der Waals surface area contributed by atoms with Gasteiger partial charge in [0, 0.05) is 39.5 Å². The lowest BCUT2D eigenvalue weighted by Gasteiger charge is -2.12. The Labute approximate surface area is 171 Å². The van der Waals surface area contributed by atoms with Gasteiger partial charge in [-0.25, -0.2) is 5.43 Å². The van der Waals surface area contributed by atoms with E-state index in [2.05, 4.69) is 15.5 Å². The predicted molar refractivity (Wildman–Crippen MR) is 109 cm³/mol. The zero-order valence-electron chi connectivity index (χ0n) is 16.2. The highest BCUT2D eigenvalue weighted by molar-refractivity contribution is 5.99. The first-order valence-corrected chi connectivity index (χ1v) is 9.48. The summed E-state index contributed by atoms with van der Waals surface area (Å²) < 4.78 is 4.88. The molecule has 1 heterocycles. The fraction of sp³-hybridized carbons (Fsp3) is 0.238. The second-order valence-corrected chi connectivity index (χ2v) is 7.08. The van der Waals surface area contributed by atoms with Crippen LogP contribution < -0.4 is 15.3 Å². The molecule has 0 bridgehead atoms. The van der Waals surface area contributed by atoms with Gasteiger partial charge in [-0.05, 0) is 55.5 Å². The number of aromatic amines is 1. The lowest BCUT2D eigenvalue weighted by Crippen LogP contribution is -2.17. The summed E-state index contributed by atoms with van der Waals surface area (Å²) in [5.41, 5.74) is 6.04. The molecule has 2 aromatic carbocycles. The van der Waals surface area contributed by atoms with E-state index in [0.29, 0.717) is 5.56 Å². The number of nitrogens with one attached hydrogen (secondary N) is 2. The minimum atomic E-state index is -0.813. The Morgan fingerprint density at radius 1 is 1.27 bits per heavy atom. The second kappa shape index (κ2) is 7.86. The number of nitro groups is 1. The fourth-order valence-electron chi connectivity index (χ4n) is 3.75. The van der Waals surface area contributed by atoms with Gasteiger partial charge in [-0.2, -0.15) is 5.10 Å². The van der Waals surface area contributed by atoms with Crippen LogP contribution in [-0.4, -0.2) is 29.1 Å². The van der Waals surface area contributed by atoms with Crippen LogP contribution in [0.25, 0.3) is 10.9 Å². The Morgan fingerprint density at radius 2 is 2.07 bits per heavy atom. The summed E-state index contributed by atoms with van der Waals surface area (Å²) in [4.78, 5) is 26.2. The van der Waals surface area contributed by atoms with Gasteiger partial charge in [0.15, 0.2) is 0 Å². The first-order valence-electron chi connectivity index (χ1n) is 9.48. The number of aromatic nitrogens is 1. The Hall–Kier alpha value is -3.88. The summed E-state index contributed by atoms with van der Waals surface area (Å²) >= 11 is 0. The van der Waals surface area contributed by atoms with Crippen molar-refractivity contribution in [2.24, 2.45) is 5.10 Å². The van der Waals surface area contributed by atoms with E-state index >= 15 is 0 Å². The van der Waals surface area contributed by atoms with Gasteiger partial charge in [0.05, 0.1) is 18.2 Å². The molecule has 9 nitrogen and oxygen atoms in total. The maximum Gasteiger partial charge on any atom is 0.271 e. The number of hydrazone groups is 1. The maximum atomic E-state index is 12.5. The molecule has 30 heavy (non-hydrogen) atoms. The van der Waals surface area contributed by atoms with Crippen LogP contribution in [0, 0.1) is 10.1 Å². The molecule has 0 aliphatic heterocycles. The third kappa shape index (κ3) is 3.57. The van der Waals surface area contributed by atoms with Gasteiger partial charge in [0.1, 0.15) is 5.75 Å². The predicted octanol–water partition coefficient (Wildman–Crippen LogP) is 2.80. The molecule has 0 fully saturated rings. The van der Waals surface area contributed by atoms with Crippen molar-refractivity contribution < 1.29 is 19.6 Å². The van der Waals surface area contributed by atoms with Crippen molar-refractivity contribution in [2.45, 2.75) is 25.7 Å². The van der Waals surface area contributed by atoms with Crippen LogP contribution in [0.3, 0.4) is 0 Å². The van der Waals surface area contributed by atoms with E-state index in [1.54, 1.807) is 6.07 Å². The largest absolute Gasteiger partial charge is 0.865 e. The number of rotatable bonds is 5. The van der Waals surface area contributed by atoms with Gasteiger partial charge in [0.2, 0.25) is 0 Å². The third-order valence-corrected chi connectivity index (χ3v) is 5.21. The Bertz CT molecular complexity index is 1180. The quantitative estimate of drug-likeness (QED) is 0.381. The fourth-order valence-corrected chi connectivity index (χ4v) is 3.75. The zero-order valence-corrected chi connectivity index (χ0v) is 16.2. The number of nitro benzene ring substituents is 1. The molecule has 0 saturated heterocycles. The van der Waals surface area contributed by atoms with E-state index < -0.39 is 22.3 Å². The molecule has 1 aliphatic rings. The highest BCUT2D eigenvalue weighted by Crippen LogP contribution is 2.34. The van der Waals surface area contributed by atoms with E-state index in [4.69, 9.17) is 4.74 Å². The molecule has 154 valence electrons. The number of hydrogen-bond acceptors (Lipinski definition) is 6. The number of fused-ring (bicyclic) bond motifs is 3. The van der Waals surface area contributed by atoms with Crippen molar-refractivity contribution in [3.05, 3.63) is 62.8 Å². The van der Waals surface area contributed by atoms with Crippen molar-refractivity contribution in [1.82, 2.24) is 10.4 Å². The van der Waals surface area contributed by atoms with Crippen molar-refractivity contribution in [3.8, 4) is 11.5 Å². The number of carbonyl (C=O) groups excluding carboxylic acids is 1. The molecule has 0 unspecified atom stereocenters. The summed E-state index contributed by atoms with van der Waals surface area (Å²) in [5.74, 6) is -1.38. The molecule has 0 radical (unpaired) electrons. The van der Waals surface area contributed by atoms with E-state index in [1.807, 2.05) is 12.1 Å². The molecule has 1 aromatic heterocycles. The molecule has 4 rings (SSSR count).